The molecule has 0 saturated heterocycles. The Balaban J connectivity index is 1.60. The van der Waals surface area contributed by atoms with Gasteiger partial charge in [-0.1, -0.05) is 22.0 Å². The van der Waals surface area contributed by atoms with E-state index < -0.39 is 0 Å². The number of hydrogen-bond acceptors (Lipinski definition) is 4. The first-order valence-electron chi connectivity index (χ1n) is 7.31. The van der Waals surface area contributed by atoms with Gasteiger partial charge in [0, 0.05) is 21.1 Å². The molecule has 0 radical (unpaired) electrons. The van der Waals surface area contributed by atoms with Gasteiger partial charge < -0.3 is 10.1 Å². The Bertz CT molecular complexity index is 846. The number of carbonyl (C=O) groups excluding carboxylic acids is 1. The van der Waals surface area contributed by atoms with Crippen LogP contribution in [0.3, 0.4) is 0 Å². The molecule has 0 aliphatic heterocycles. The summed E-state index contributed by atoms with van der Waals surface area (Å²) >= 11 is 4.98. The summed E-state index contributed by atoms with van der Waals surface area (Å²) in [5.41, 5.74) is 2.23. The predicted molar refractivity (Wildman–Crippen MR) is 99.7 cm³/mol. The van der Waals surface area contributed by atoms with E-state index in [1.807, 2.05) is 36.6 Å². The van der Waals surface area contributed by atoms with Gasteiger partial charge in [-0.05, 0) is 49.4 Å². The van der Waals surface area contributed by atoms with E-state index in [0.717, 1.165) is 20.9 Å². The Hall–Kier alpha value is -2.18. The smallest absolute Gasteiger partial charge is 0.255 e. The molecule has 2 aromatic carbocycles. The van der Waals surface area contributed by atoms with Gasteiger partial charge in [-0.3, -0.25) is 4.79 Å². The number of amides is 1. The van der Waals surface area contributed by atoms with Gasteiger partial charge in [-0.15, -0.1) is 11.3 Å². The Morgan fingerprint density at radius 1 is 1.25 bits per heavy atom. The number of halogens is 1. The van der Waals surface area contributed by atoms with Crippen LogP contribution in [0.25, 0.3) is 0 Å². The van der Waals surface area contributed by atoms with E-state index in [0.29, 0.717) is 17.9 Å². The maximum absolute atomic E-state index is 12.2. The number of nitrogens with zero attached hydrogens (tertiary/aromatic N) is 1. The molecule has 0 bridgehead atoms. The number of aryl methyl sites for hydroxylation is 1. The minimum Gasteiger partial charge on any atom is -0.487 e. The molecule has 6 heteroatoms. The molecule has 4 nitrogen and oxygen atoms in total. The van der Waals surface area contributed by atoms with Crippen molar-refractivity contribution in [1.82, 2.24) is 4.98 Å². The average Bonchev–Trinajstić information content (AvgIpc) is 2.99. The highest BCUT2D eigenvalue weighted by molar-refractivity contribution is 9.10. The molecule has 24 heavy (non-hydrogen) atoms. The molecule has 1 N–H and O–H groups in total. The lowest BCUT2D eigenvalue weighted by atomic mass is 10.2. The van der Waals surface area contributed by atoms with Crippen LogP contribution in [0.15, 0.2) is 58.4 Å². The minimum absolute atomic E-state index is 0.158. The van der Waals surface area contributed by atoms with Crippen molar-refractivity contribution in [2.75, 3.05) is 5.32 Å². The van der Waals surface area contributed by atoms with E-state index in [2.05, 4.69) is 26.2 Å². The van der Waals surface area contributed by atoms with Crippen molar-refractivity contribution < 1.29 is 9.53 Å². The van der Waals surface area contributed by atoms with Gasteiger partial charge in [0.2, 0.25) is 0 Å². The summed E-state index contributed by atoms with van der Waals surface area (Å²) in [6.07, 6.45) is 0. The van der Waals surface area contributed by atoms with E-state index in [4.69, 9.17) is 4.74 Å². The van der Waals surface area contributed by atoms with E-state index in [-0.39, 0.29) is 5.91 Å². The van der Waals surface area contributed by atoms with E-state index in [1.165, 1.54) is 0 Å². The van der Waals surface area contributed by atoms with Crippen LogP contribution in [0, 0.1) is 6.92 Å². The Labute approximate surface area is 152 Å². The second-order valence-corrected chi connectivity index (χ2v) is 7.11. The zero-order chi connectivity index (χ0) is 16.9. The van der Waals surface area contributed by atoms with Gasteiger partial charge in [0.05, 0.1) is 10.7 Å². The zero-order valence-corrected chi connectivity index (χ0v) is 15.4. The second kappa shape index (κ2) is 7.59. The molecule has 0 unspecified atom stereocenters. The van der Waals surface area contributed by atoms with Gasteiger partial charge in [-0.2, -0.15) is 0 Å². The monoisotopic (exact) mass is 402 g/mol. The molecule has 3 aromatic rings. The SMILES string of the molecule is Cc1nc(COc2ccc(C(=O)Nc3cccc(Br)c3)cc2)cs1. The summed E-state index contributed by atoms with van der Waals surface area (Å²) in [7, 11) is 0. The van der Waals surface area contributed by atoms with Crippen LogP contribution in [0.1, 0.15) is 21.1 Å². The van der Waals surface area contributed by atoms with Gasteiger partial charge >= 0.3 is 0 Å². The summed E-state index contributed by atoms with van der Waals surface area (Å²) in [6.45, 7) is 2.39. The van der Waals surface area contributed by atoms with Crippen LogP contribution in [-0.2, 0) is 6.61 Å². The first-order valence-corrected chi connectivity index (χ1v) is 8.98. The Morgan fingerprint density at radius 3 is 2.71 bits per heavy atom. The molecular formula is C18H15BrN2O2S. The molecule has 122 valence electrons. The molecule has 0 saturated carbocycles. The summed E-state index contributed by atoms with van der Waals surface area (Å²) in [5, 5.41) is 5.86. The summed E-state index contributed by atoms with van der Waals surface area (Å²) in [5.74, 6) is 0.550. The Kier molecular flexibility index (Phi) is 5.27. The number of ether oxygens (including phenoxy) is 1. The molecule has 1 amide bonds. The van der Waals surface area contributed by atoms with Crippen molar-refractivity contribution >= 4 is 38.9 Å². The third-order valence-corrected chi connectivity index (χ3v) is 4.57. The first kappa shape index (κ1) is 16.7. The molecule has 1 aromatic heterocycles. The van der Waals surface area contributed by atoms with Crippen molar-refractivity contribution in [3.05, 3.63) is 74.6 Å². The van der Waals surface area contributed by atoms with Crippen LogP contribution in [0.2, 0.25) is 0 Å². The highest BCUT2D eigenvalue weighted by Crippen LogP contribution is 2.18. The fourth-order valence-electron chi connectivity index (χ4n) is 2.10. The van der Waals surface area contributed by atoms with Crippen molar-refractivity contribution in [2.24, 2.45) is 0 Å². The topological polar surface area (TPSA) is 51.2 Å². The fraction of sp³-hybridized carbons (Fsp3) is 0.111. The number of hydrogen-bond donors (Lipinski definition) is 1. The summed E-state index contributed by atoms with van der Waals surface area (Å²) in [4.78, 5) is 16.6. The number of thiazole rings is 1. The number of rotatable bonds is 5. The lowest BCUT2D eigenvalue weighted by molar-refractivity contribution is 0.102. The van der Waals surface area contributed by atoms with Gasteiger partial charge in [0.25, 0.3) is 5.91 Å². The Morgan fingerprint density at radius 2 is 2.04 bits per heavy atom. The molecular weight excluding hydrogens is 388 g/mol. The lowest BCUT2D eigenvalue weighted by Gasteiger charge is -2.07. The van der Waals surface area contributed by atoms with Crippen LogP contribution in [0.4, 0.5) is 5.69 Å². The third kappa shape index (κ3) is 4.43. The zero-order valence-electron chi connectivity index (χ0n) is 13.0. The van der Waals surface area contributed by atoms with Crippen LogP contribution < -0.4 is 10.1 Å². The maximum Gasteiger partial charge on any atom is 0.255 e. The summed E-state index contributed by atoms with van der Waals surface area (Å²) < 4.78 is 6.60. The number of nitrogens with one attached hydrogen (secondary N) is 1. The normalized spacial score (nSPS) is 10.4. The van der Waals surface area contributed by atoms with E-state index in [9.17, 15) is 4.79 Å². The quantitative estimate of drug-likeness (QED) is 0.649. The molecule has 0 fully saturated rings. The molecule has 0 aliphatic carbocycles. The predicted octanol–water partition coefficient (Wildman–Crippen LogP) is 5.05. The summed E-state index contributed by atoms with van der Waals surface area (Å²) in [6, 6.07) is 14.5. The number of aromatic nitrogens is 1. The highest BCUT2D eigenvalue weighted by Gasteiger charge is 2.07. The second-order valence-electron chi connectivity index (χ2n) is 5.14. The van der Waals surface area contributed by atoms with Gasteiger partial charge in [-0.25, -0.2) is 4.98 Å². The number of carbonyl (C=O) groups is 1. The average molecular weight is 403 g/mol. The maximum atomic E-state index is 12.2. The van der Waals surface area contributed by atoms with Gasteiger partial charge in [0.1, 0.15) is 12.4 Å². The number of benzene rings is 2. The van der Waals surface area contributed by atoms with Crippen LogP contribution in [-0.4, -0.2) is 10.9 Å². The van der Waals surface area contributed by atoms with Crippen molar-refractivity contribution in [3.8, 4) is 5.75 Å². The van der Waals surface area contributed by atoms with E-state index in [1.54, 1.807) is 35.6 Å². The molecule has 0 aliphatic rings. The van der Waals surface area contributed by atoms with Crippen molar-refractivity contribution in [3.63, 3.8) is 0 Å². The lowest BCUT2D eigenvalue weighted by Crippen LogP contribution is -2.11. The largest absolute Gasteiger partial charge is 0.487 e. The molecule has 0 atom stereocenters. The number of anilines is 1. The molecule has 1 heterocycles. The highest BCUT2D eigenvalue weighted by atomic mass is 79.9. The molecule has 3 rings (SSSR count). The van der Waals surface area contributed by atoms with Crippen molar-refractivity contribution in [1.29, 1.82) is 0 Å². The van der Waals surface area contributed by atoms with Crippen LogP contribution in [0.5, 0.6) is 5.75 Å². The first-order chi connectivity index (χ1) is 11.6. The molecule has 0 spiro atoms. The fourth-order valence-corrected chi connectivity index (χ4v) is 3.10. The van der Waals surface area contributed by atoms with Crippen LogP contribution >= 0.6 is 27.3 Å². The minimum atomic E-state index is -0.158. The standard InChI is InChI=1S/C18H15BrN2O2S/c1-12-20-16(11-24-12)10-23-17-7-5-13(6-8-17)18(22)21-15-4-2-3-14(19)9-15/h2-9,11H,10H2,1H3,(H,21,22). The van der Waals surface area contributed by atoms with Crippen molar-refractivity contribution in [2.45, 2.75) is 13.5 Å². The van der Waals surface area contributed by atoms with Gasteiger partial charge in [0.15, 0.2) is 0 Å². The van der Waals surface area contributed by atoms with E-state index >= 15 is 0 Å². The third-order valence-electron chi connectivity index (χ3n) is 3.25.